The van der Waals surface area contributed by atoms with Crippen LogP contribution in [0.4, 0.5) is 4.79 Å². The monoisotopic (exact) mass is 226 g/mol. The second-order valence-electron chi connectivity index (χ2n) is 5.91. The van der Waals surface area contributed by atoms with Gasteiger partial charge in [0.15, 0.2) is 0 Å². The number of hydrogen-bond donors (Lipinski definition) is 2. The van der Waals surface area contributed by atoms with Crippen LogP contribution in [0, 0.1) is 11.8 Å². The van der Waals surface area contributed by atoms with Crippen LogP contribution in [0.2, 0.25) is 0 Å². The van der Waals surface area contributed by atoms with Crippen LogP contribution in [0.1, 0.15) is 33.6 Å². The minimum absolute atomic E-state index is 0.276. The first-order valence-corrected chi connectivity index (χ1v) is 6.16. The number of hydrogen-bond acceptors (Lipinski definition) is 3. The van der Waals surface area contributed by atoms with Gasteiger partial charge >= 0.3 is 6.09 Å². The predicted octanol–water partition coefficient (Wildman–Crippen LogP) is 1.51. The van der Waals surface area contributed by atoms with Gasteiger partial charge in [0.05, 0.1) is 0 Å². The van der Waals surface area contributed by atoms with E-state index >= 15 is 0 Å². The molecule has 1 amide bonds. The van der Waals surface area contributed by atoms with Crippen LogP contribution in [-0.4, -0.2) is 30.8 Å². The van der Waals surface area contributed by atoms with E-state index in [0.29, 0.717) is 12.0 Å². The molecule has 1 saturated heterocycles. The molecule has 2 N–H and O–H groups in total. The number of amides is 1. The van der Waals surface area contributed by atoms with Crippen LogP contribution >= 0.6 is 0 Å². The lowest BCUT2D eigenvalue weighted by Crippen LogP contribution is -2.59. The average Bonchev–Trinajstić information content (AvgIpc) is 2.11. The molecule has 0 aromatic heterocycles. The SMILES string of the molecule is CC(C)(C)OC(=O)NC1CC2CCNCC21. The summed E-state index contributed by atoms with van der Waals surface area (Å²) in [6.45, 7) is 7.82. The van der Waals surface area contributed by atoms with Crippen LogP contribution in [0.5, 0.6) is 0 Å². The fourth-order valence-electron chi connectivity index (χ4n) is 2.63. The lowest BCUT2D eigenvalue weighted by molar-refractivity contribution is 0.0276. The van der Waals surface area contributed by atoms with Gasteiger partial charge in [0.25, 0.3) is 0 Å². The fourth-order valence-corrected chi connectivity index (χ4v) is 2.63. The van der Waals surface area contributed by atoms with E-state index in [-0.39, 0.29) is 6.09 Å². The van der Waals surface area contributed by atoms with Gasteiger partial charge in [-0.25, -0.2) is 4.79 Å². The van der Waals surface area contributed by atoms with Crippen molar-refractivity contribution in [2.24, 2.45) is 11.8 Å². The van der Waals surface area contributed by atoms with Crippen molar-refractivity contribution in [2.75, 3.05) is 13.1 Å². The lowest BCUT2D eigenvalue weighted by atomic mass is 9.66. The zero-order valence-corrected chi connectivity index (χ0v) is 10.4. The van der Waals surface area contributed by atoms with E-state index in [2.05, 4.69) is 10.6 Å². The summed E-state index contributed by atoms with van der Waals surface area (Å²) in [7, 11) is 0. The Kier molecular flexibility index (Phi) is 3.10. The van der Waals surface area contributed by atoms with Gasteiger partial charge in [-0.2, -0.15) is 0 Å². The zero-order valence-electron chi connectivity index (χ0n) is 10.4. The third-order valence-electron chi connectivity index (χ3n) is 3.45. The first-order chi connectivity index (χ1) is 7.46. The Morgan fingerprint density at radius 2 is 2.19 bits per heavy atom. The van der Waals surface area contributed by atoms with E-state index in [0.717, 1.165) is 25.4 Å². The van der Waals surface area contributed by atoms with Crippen molar-refractivity contribution in [1.82, 2.24) is 10.6 Å². The van der Waals surface area contributed by atoms with Crippen LogP contribution < -0.4 is 10.6 Å². The Bertz CT molecular complexity index is 273. The Morgan fingerprint density at radius 1 is 1.44 bits per heavy atom. The Morgan fingerprint density at radius 3 is 2.81 bits per heavy atom. The molecular formula is C12H22N2O2. The minimum atomic E-state index is -0.405. The largest absolute Gasteiger partial charge is 0.444 e. The predicted molar refractivity (Wildman–Crippen MR) is 62.2 cm³/mol. The molecule has 0 radical (unpaired) electrons. The van der Waals surface area contributed by atoms with Crippen molar-refractivity contribution in [3.63, 3.8) is 0 Å². The van der Waals surface area contributed by atoms with E-state index in [1.54, 1.807) is 0 Å². The first-order valence-electron chi connectivity index (χ1n) is 6.16. The van der Waals surface area contributed by atoms with Crippen LogP contribution in [0.3, 0.4) is 0 Å². The first kappa shape index (κ1) is 11.7. The van der Waals surface area contributed by atoms with Gasteiger partial charge in [-0.1, -0.05) is 0 Å². The van der Waals surface area contributed by atoms with Crippen molar-refractivity contribution < 1.29 is 9.53 Å². The third kappa shape index (κ3) is 2.67. The summed E-state index contributed by atoms with van der Waals surface area (Å²) in [6.07, 6.45) is 2.09. The van der Waals surface area contributed by atoms with Crippen molar-refractivity contribution >= 4 is 6.09 Å². The molecule has 1 aliphatic carbocycles. The van der Waals surface area contributed by atoms with Crippen molar-refractivity contribution in [3.05, 3.63) is 0 Å². The summed E-state index contributed by atoms with van der Waals surface area (Å²) in [6, 6.07) is 0.313. The number of alkyl carbamates (subject to hydrolysis) is 1. The standard InChI is InChI=1S/C12H22N2O2/c1-12(2,3)16-11(15)14-10-6-8-4-5-13-7-9(8)10/h8-10,13H,4-7H2,1-3H3,(H,14,15). The quantitative estimate of drug-likeness (QED) is 0.712. The van der Waals surface area contributed by atoms with Gasteiger partial charge in [-0.15, -0.1) is 0 Å². The van der Waals surface area contributed by atoms with Crippen molar-refractivity contribution in [1.29, 1.82) is 0 Å². The maximum absolute atomic E-state index is 11.6. The molecule has 92 valence electrons. The molecule has 1 heterocycles. The van der Waals surface area contributed by atoms with Gasteiger partial charge < -0.3 is 15.4 Å². The number of piperidine rings is 1. The molecule has 1 saturated carbocycles. The number of fused-ring (bicyclic) bond motifs is 1. The summed E-state index contributed by atoms with van der Waals surface area (Å²) in [5.41, 5.74) is -0.405. The number of rotatable bonds is 1. The zero-order chi connectivity index (χ0) is 11.8. The van der Waals surface area contributed by atoms with Crippen LogP contribution in [-0.2, 0) is 4.74 Å². The van der Waals surface area contributed by atoms with E-state index in [4.69, 9.17) is 4.74 Å². The van der Waals surface area contributed by atoms with Crippen LogP contribution in [0.25, 0.3) is 0 Å². The number of nitrogens with one attached hydrogen (secondary N) is 2. The highest BCUT2D eigenvalue weighted by Crippen LogP contribution is 2.38. The molecular weight excluding hydrogens is 204 g/mol. The number of carbonyl (C=O) groups is 1. The van der Waals surface area contributed by atoms with Gasteiger partial charge in [0, 0.05) is 12.6 Å². The number of ether oxygens (including phenoxy) is 1. The maximum Gasteiger partial charge on any atom is 0.407 e. The van der Waals surface area contributed by atoms with Crippen molar-refractivity contribution in [3.8, 4) is 0 Å². The third-order valence-corrected chi connectivity index (χ3v) is 3.45. The topological polar surface area (TPSA) is 50.4 Å². The second kappa shape index (κ2) is 4.24. The molecule has 4 heteroatoms. The summed E-state index contributed by atoms with van der Waals surface area (Å²) in [5.74, 6) is 1.42. The molecule has 3 unspecified atom stereocenters. The highest BCUT2D eigenvalue weighted by Gasteiger charge is 2.43. The average molecular weight is 226 g/mol. The van der Waals surface area contributed by atoms with Gasteiger partial charge in [-0.05, 0) is 52.0 Å². The Balaban J connectivity index is 1.76. The van der Waals surface area contributed by atoms with E-state index in [9.17, 15) is 4.79 Å². The van der Waals surface area contributed by atoms with Gasteiger partial charge in [0.1, 0.15) is 5.60 Å². The summed E-state index contributed by atoms with van der Waals surface area (Å²) >= 11 is 0. The highest BCUT2D eigenvalue weighted by atomic mass is 16.6. The Labute approximate surface area is 97.1 Å². The lowest BCUT2D eigenvalue weighted by Gasteiger charge is -2.48. The molecule has 2 rings (SSSR count). The summed E-state index contributed by atoms with van der Waals surface area (Å²) in [4.78, 5) is 11.6. The van der Waals surface area contributed by atoms with Crippen molar-refractivity contribution in [2.45, 2.75) is 45.3 Å². The Hall–Kier alpha value is -0.770. The molecule has 3 atom stereocenters. The molecule has 2 fully saturated rings. The highest BCUT2D eigenvalue weighted by molar-refractivity contribution is 5.68. The van der Waals surface area contributed by atoms with E-state index in [1.165, 1.54) is 6.42 Å². The molecule has 4 nitrogen and oxygen atoms in total. The van der Waals surface area contributed by atoms with Gasteiger partial charge in [-0.3, -0.25) is 0 Å². The molecule has 2 aliphatic rings. The fraction of sp³-hybridized carbons (Fsp3) is 0.917. The second-order valence-corrected chi connectivity index (χ2v) is 5.91. The van der Waals surface area contributed by atoms with E-state index < -0.39 is 5.60 Å². The molecule has 16 heavy (non-hydrogen) atoms. The minimum Gasteiger partial charge on any atom is -0.444 e. The van der Waals surface area contributed by atoms with E-state index in [1.807, 2.05) is 20.8 Å². The summed E-state index contributed by atoms with van der Waals surface area (Å²) in [5, 5.41) is 6.35. The smallest absolute Gasteiger partial charge is 0.407 e. The molecule has 0 spiro atoms. The maximum atomic E-state index is 11.6. The van der Waals surface area contributed by atoms with Crippen LogP contribution in [0.15, 0.2) is 0 Å². The molecule has 0 bridgehead atoms. The van der Waals surface area contributed by atoms with Gasteiger partial charge in [0.2, 0.25) is 0 Å². The number of carbonyl (C=O) groups excluding carboxylic acids is 1. The molecule has 0 aromatic rings. The normalized spacial score (nSPS) is 33.6. The molecule has 0 aromatic carbocycles. The summed E-state index contributed by atoms with van der Waals surface area (Å²) < 4.78 is 5.25. The molecule has 1 aliphatic heterocycles.